The van der Waals surface area contributed by atoms with Crippen molar-refractivity contribution >= 4 is 12.0 Å². The maximum absolute atomic E-state index is 10.9. The minimum Gasteiger partial charge on any atom is -0.507 e. The first-order valence-electron chi connectivity index (χ1n) is 7.38. The van der Waals surface area contributed by atoms with Crippen molar-refractivity contribution in [1.29, 1.82) is 0 Å². The number of phenolic OH excluding ortho intramolecular Hbond substituents is 1. The molecule has 0 unspecified atom stereocenters. The van der Waals surface area contributed by atoms with E-state index >= 15 is 0 Å². The molecule has 0 spiro atoms. The van der Waals surface area contributed by atoms with E-state index in [1.165, 1.54) is 0 Å². The van der Waals surface area contributed by atoms with Gasteiger partial charge in [-0.05, 0) is 38.1 Å². The number of ether oxygens (including phenoxy) is 2. The van der Waals surface area contributed by atoms with E-state index in [9.17, 15) is 9.90 Å². The lowest BCUT2D eigenvalue weighted by molar-refractivity contribution is -0.120. The van der Waals surface area contributed by atoms with Gasteiger partial charge in [0.15, 0.2) is 0 Å². The lowest BCUT2D eigenvalue weighted by Gasteiger charge is -2.23. The van der Waals surface area contributed by atoms with E-state index in [4.69, 9.17) is 9.47 Å². The van der Waals surface area contributed by atoms with Gasteiger partial charge < -0.3 is 14.6 Å². The Morgan fingerprint density at radius 2 is 2.14 bits per heavy atom. The topological polar surface area (TPSA) is 59.0 Å². The van der Waals surface area contributed by atoms with Crippen LogP contribution in [0.25, 0.3) is 5.57 Å². The molecule has 1 N–H and O–H groups in total. The van der Waals surface area contributed by atoms with Crippen LogP contribution < -0.4 is 4.74 Å². The first-order valence-corrected chi connectivity index (χ1v) is 7.38. The lowest BCUT2D eigenvalue weighted by atomic mass is 10.0. The second-order valence-electron chi connectivity index (χ2n) is 4.99. The number of benzene rings is 1. The lowest BCUT2D eigenvalue weighted by Crippen LogP contribution is -2.27. The molecule has 0 saturated carbocycles. The third kappa shape index (κ3) is 4.58. The fourth-order valence-corrected chi connectivity index (χ4v) is 2.21. The fraction of sp³-hybridized carbons (Fsp3) is 0.471. The molecule has 0 radical (unpaired) electrons. The molecule has 1 aromatic rings. The summed E-state index contributed by atoms with van der Waals surface area (Å²) >= 11 is 0. The van der Waals surface area contributed by atoms with Crippen LogP contribution in [0.4, 0.5) is 0 Å². The Balaban J connectivity index is 3.22. The summed E-state index contributed by atoms with van der Waals surface area (Å²) in [6, 6.07) is 3.40. The molecular formula is C17H25NO4. The summed E-state index contributed by atoms with van der Waals surface area (Å²) in [4.78, 5) is 13.0. The number of nitrogens with zero attached hydrogens (tertiary/aromatic N) is 1. The normalized spacial score (nSPS) is 11.8. The van der Waals surface area contributed by atoms with Gasteiger partial charge in [-0.3, -0.25) is 9.69 Å². The van der Waals surface area contributed by atoms with Crippen LogP contribution >= 0.6 is 0 Å². The standard InChI is InChI=1S/C17H25NO4/c1-5-13(3)14-7-8-16(20)15(17(14)22-12-19)11-18(6-2)9-10-21-4/h5,7-8,12,20H,6,9-11H2,1-4H3/b13-5-. The van der Waals surface area contributed by atoms with E-state index < -0.39 is 0 Å². The number of rotatable bonds is 9. The Hall–Kier alpha value is -1.85. The van der Waals surface area contributed by atoms with Crippen LogP contribution in [0.3, 0.4) is 0 Å². The van der Waals surface area contributed by atoms with Crippen molar-refractivity contribution in [3.8, 4) is 11.5 Å². The molecule has 0 saturated heterocycles. The molecule has 0 bridgehead atoms. The average Bonchev–Trinajstić information content (AvgIpc) is 2.53. The van der Waals surface area contributed by atoms with Gasteiger partial charge in [0.2, 0.25) is 0 Å². The molecule has 22 heavy (non-hydrogen) atoms. The molecule has 0 amide bonds. The molecular weight excluding hydrogens is 282 g/mol. The van der Waals surface area contributed by atoms with Crippen molar-refractivity contribution in [2.45, 2.75) is 27.3 Å². The van der Waals surface area contributed by atoms with Crippen molar-refractivity contribution in [1.82, 2.24) is 4.90 Å². The van der Waals surface area contributed by atoms with E-state index in [2.05, 4.69) is 4.90 Å². The van der Waals surface area contributed by atoms with Crippen molar-refractivity contribution in [2.75, 3.05) is 26.8 Å². The minimum absolute atomic E-state index is 0.125. The van der Waals surface area contributed by atoms with Crippen LogP contribution in [0.5, 0.6) is 11.5 Å². The highest BCUT2D eigenvalue weighted by molar-refractivity contribution is 5.73. The van der Waals surface area contributed by atoms with E-state index in [0.717, 1.165) is 24.2 Å². The molecule has 0 aliphatic carbocycles. The smallest absolute Gasteiger partial charge is 0.298 e. The Morgan fingerprint density at radius 3 is 2.68 bits per heavy atom. The summed E-state index contributed by atoms with van der Waals surface area (Å²) in [5.74, 6) is 0.543. The number of phenols is 1. The number of likely N-dealkylation sites (N-methyl/N-ethyl adjacent to an activating group) is 1. The first kappa shape index (κ1) is 18.2. The fourth-order valence-electron chi connectivity index (χ4n) is 2.21. The zero-order valence-electron chi connectivity index (χ0n) is 13.8. The van der Waals surface area contributed by atoms with Gasteiger partial charge in [0.25, 0.3) is 6.47 Å². The highest BCUT2D eigenvalue weighted by atomic mass is 16.5. The van der Waals surface area contributed by atoms with Gasteiger partial charge in [-0.25, -0.2) is 0 Å². The second kappa shape index (κ2) is 9.23. The SMILES string of the molecule is C/C=C(/C)c1ccc(O)c(CN(CC)CCOC)c1OC=O. The summed E-state index contributed by atoms with van der Waals surface area (Å²) in [5.41, 5.74) is 2.41. The monoisotopic (exact) mass is 307 g/mol. The van der Waals surface area contributed by atoms with E-state index in [-0.39, 0.29) is 5.75 Å². The Labute approximate surface area is 132 Å². The number of aromatic hydroxyl groups is 1. The largest absolute Gasteiger partial charge is 0.507 e. The first-order chi connectivity index (χ1) is 10.6. The quantitative estimate of drug-likeness (QED) is 0.711. The Bertz CT molecular complexity index is 526. The van der Waals surface area contributed by atoms with Gasteiger partial charge in [-0.15, -0.1) is 0 Å². The molecule has 5 heteroatoms. The van der Waals surface area contributed by atoms with Crippen LogP contribution in [0.15, 0.2) is 18.2 Å². The summed E-state index contributed by atoms with van der Waals surface area (Å²) < 4.78 is 10.3. The minimum atomic E-state index is 0.125. The molecule has 0 aliphatic heterocycles. The predicted octanol–water partition coefficient (Wildman–Crippen LogP) is 2.82. The van der Waals surface area contributed by atoms with Crippen LogP contribution in [0.1, 0.15) is 31.9 Å². The van der Waals surface area contributed by atoms with Crippen molar-refractivity contribution < 1.29 is 19.4 Å². The molecule has 5 nitrogen and oxygen atoms in total. The zero-order valence-corrected chi connectivity index (χ0v) is 13.8. The molecule has 0 fully saturated rings. The zero-order chi connectivity index (χ0) is 16.5. The number of carbonyl (C=O) groups is 1. The summed E-state index contributed by atoms with van der Waals surface area (Å²) in [6.45, 7) is 8.92. The van der Waals surface area contributed by atoms with Crippen LogP contribution in [0, 0.1) is 0 Å². The van der Waals surface area contributed by atoms with Gasteiger partial charge in [0, 0.05) is 25.8 Å². The molecule has 122 valence electrons. The average molecular weight is 307 g/mol. The van der Waals surface area contributed by atoms with Gasteiger partial charge in [-0.2, -0.15) is 0 Å². The van der Waals surface area contributed by atoms with Crippen LogP contribution in [0.2, 0.25) is 0 Å². The van der Waals surface area contributed by atoms with Gasteiger partial charge in [0.05, 0.1) is 12.2 Å². The number of allylic oxidation sites excluding steroid dienone is 2. The van der Waals surface area contributed by atoms with E-state index in [0.29, 0.717) is 30.9 Å². The van der Waals surface area contributed by atoms with E-state index in [1.807, 2.05) is 26.8 Å². The highest BCUT2D eigenvalue weighted by Gasteiger charge is 2.18. The maximum Gasteiger partial charge on any atom is 0.298 e. The van der Waals surface area contributed by atoms with Gasteiger partial charge >= 0.3 is 0 Å². The molecule has 0 heterocycles. The Morgan fingerprint density at radius 1 is 1.41 bits per heavy atom. The van der Waals surface area contributed by atoms with Crippen molar-refractivity contribution in [2.24, 2.45) is 0 Å². The number of hydrogen-bond donors (Lipinski definition) is 1. The number of hydrogen-bond acceptors (Lipinski definition) is 5. The van der Waals surface area contributed by atoms with Gasteiger partial charge in [-0.1, -0.05) is 13.0 Å². The third-order valence-corrected chi connectivity index (χ3v) is 3.70. The summed E-state index contributed by atoms with van der Waals surface area (Å²) in [5, 5.41) is 10.2. The van der Waals surface area contributed by atoms with Crippen molar-refractivity contribution in [3.05, 3.63) is 29.3 Å². The van der Waals surface area contributed by atoms with Gasteiger partial charge in [0.1, 0.15) is 11.5 Å². The molecule has 0 atom stereocenters. The summed E-state index contributed by atoms with van der Waals surface area (Å²) in [7, 11) is 1.66. The van der Waals surface area contributed by atoms with E-state index in [1.54, 1.807) is 19.2 Å². The highest BCUT2D eigenvalue weighted by Crippen LogP contribution is 2.36. The van der Waals surface area contributed by atoms with Crippen LogP contribution in [-0.2, 0) is 16.1 Å². The predicted molar refractivity (Wildman–Crippen MR) is 87.0 cm³/mol. The van der Waals surface area contributed by atoms with Crippen molar-refractivity contribution in [3.63, 3.8) is 0 Å². The number of carbonyl (C=O) groups excluding carboxylic acids is 1. The second-order valence-corrected chi connectivity index (χ2v) is 4.99. The molecule has 1 rings (SSSR count). The number of methoxy groups -OCH3 is 1. The molecule has 1 aromatic carbocycles. The maximum atomic E-state index is 10.9. The van der Waals surface area contributed by atoms with Crippen LogP contribution in [-0.4, -0.2) is 43.3 Å². The molecule has 0 aliphatic rings. The molecule has 0 aromatic heterocycles. The Kier molecular flexibility index (Phi) is 7.63. The summed E-state index contributed by atoms with van der Waals surface area (Å²) in [6.07, 6.45) is 1.94. The third-order valence-electron chi connectivity index (χ3n) is 3.70.